The summed E-state index contributed by atoms with van der Waals surface area (Å²) in [7, 11) is -3.51. The molecule has 6 heteroatoms. The highest BCUT2D eigenvalue weighted by Gasteiger charge is 2.36. The summed E-state index contributed by atoms with van der Waals surface area (Å²) in [6.07, 6.45) is 6.76. The van der Waals surface area contributed by atoms with Gasteiger partial charge in [-0.15, -0.1) is 0 Å². The molecule has 118 valence electrons. The number of rotatable bonds is 4. The van der Waals surface area contributed by atoms with Crippen LogP contribution in [-0.4, -0.2) is 28.2 Å². The summed E-state index contributed by atoms with van der Waals surface area (Å²) in [5, 5.41) is 0. The van der Waals surface area contributed by atoms with Gasteiger partial charge in [-0.25, -0.2) is 13.1 Å². The number of fused-ring (bicyclic) bond motifs is 3. The molecule has 1 fully saturated rings. The van der Waals surface area contributed by atoms with E-state index in [1.54, 1.807) is 12.1 Å². The van der Waals surface area contributed by atoms with Gasteiger partial charge in [0.1, 0.15) is 13.2 Å². The van der Waals surface area contributed by atoms with Crippen LogP contribution in [0, 0.1) is 17.8 Å². The highest BCUT2D eigenvalue weighted by atomic mass is 32.2. The molecule has 0 aromatic heterocycles. The van der Waals surface area contributed by atoms with Crippen molar-refractivity contribution >= 4 is 10.0 Å². The molecule has 0 unspecified atom stereocenters. The van der Waals surface area contributed by atoms with Crippen LogP contribution in [0.25, 0.3) is 0 Å². The van der Waals surface area contributed by atoms with E-state index in [-0.39, 0.29) is 4.90 Å². The fraction of sp³-hybridized carbons (Fsp3) is 0.500. The lowest BCUT2D eigenvalue weighted by Crippen LogP contribution is -2.31. The van der Waals surface area contributed by atoms with Crippen LogP contribution in [0.2, 0.25) is 0 Å². The predicted molar refractivity (Wildman–Crippen MR) is 81.5 cm³/mol. The van der Waals surface area contributed by atoms with E-state index in [4.69, 9.17) is 9.47 Å². The summed E-state index contributed by atoms with van der Waals surface area (Å²) >= 11 is 0. The van der Waals surface area contributed by atoms with E-state index in [0.717, 1.165) is 6.42 Å². The Kier molecular flexibility index (Phi) is 3.38. The van der Waals surface area contributed by atoms with E-state index in [0.29, 0.717) is 49.0 Å². The third-order valence-corrected chi connectivity index (χ3v) is 6.20. The zero-order chi connectivity index (χ0) is 15.2. The van der Waals surface area contributed by atoms with Crippen molar-refractivity contribution in [3.05, 3.63) is 30.4 Å². The molecular formula is C16H19NO4S. The van der Waals surface area contributed by atoms with Crippen LogP contribution in [0.1, 0.15) is 12.8 Å². The highest BCUT2D eigenvalue weighted by molar-refractivity contribution is 7.89. The second kappa shape index (κ2) is 5.28. The maximum absolute atomic E-state index is 12.5. The van der Waals surface area contributed by atoms with E-state index in [2.05, 4.69) is 16.9 Å². The first kappa shape index (κ1) is 14.1. The van der Waals surface area contributed by atoms with Gasteiger partial charge in [-0.3, -0.25) is 0 Å². The average molecular weight is 321 g/mol. The Morgan fingerprint density at radius 3 is 2.64 bits per heavy atom. The number of ether oxygens (including phenoxy) is 2. The van der Waals surface area contributed by atoms with Gasteiger partial charge in [0.25, 0.3) is 0 Å². The first-order valence-corrected chi connectivity index (χ1v) is 9.18. The summed E-state index contributed by atoms with van der Waals surface area (Å²) in [4.78, 5) is 0.232. The number of sulfonamides is 1. The number of benzene rings is 1. The standard InChI is InChI=1S/C16H19NO4S/c18-22(19,17-10-13-8-11-1-2-12(13)7-11)14-3-4-15-16(9-14)21-6-5-20-15/h1-4,9,11-13,17H,5-8,10H2/t11-,12-,13-/m0/s1. The van der Waals surface area contributed by atoms with Gasteiger partial charge < -0.3 is 9.47 Å². The normalized spacial score (nSPS) is 29.0. The molecule has 1 aliphatic heterocycles. The van der Waals surface area contributed by atoms with Gasteiger partial charge in [-0.1, -0.05) is 12.2 Å². The van der Waals surface area contributed by atoms with Crippen LogP contribution < -0.4 is 14.2 Å². The third-order valence-electron chi connectivity index (χ3n) is 4.78. The second-order valence-corrected chi connectivity index (χ2v) is 7.96. The Balaban J connectivity index is 1.47. The zero-order valence-corrected chi connectivity index (χ0v) is 13.0. The SMILES string of the molecule is O=S(=O)(NC[C@@H]1C[C@H]2C=C[C@H]1C2)c1ccc2c(c1)OCCO2. The Labute approximate surface area is 130 Å². The van der Waals surface area contributed by atoms with Crippen LogP contribution in [0.4, 0.5) is 0 Å². The lowest BCUT2D eigenvalue weighted by molar-refractivity contribution is 0.171. The molecule has 1 N–H and O–H groups in total. The quantitative estimate of drug-likeness (QED) is 0.861. The molecule has 1 saturated carbocycles. The minimum atomic E-state index is -3.51. The summed E-state index contributed by atoms with van der Waals surface area (Å²) in [6.45, 7) is 1.44. The lowest BCUT2D eigenvalue weighted by Gasteiger charge is -2.20. The van der Waals surface area contributed by atoms with Crippen molar-refractivity contribution in [1.29, 1.82) is 0 Å². The number of hydrogen-bond acceptors (Lipinski definition) is 4. The van der Waals surface area contributed by atoms with E-state index >= 15 is 0 Å². The first-order chi connectivity index (χ1) is 10.6. The molecule has 0 amide bonds. The third kappa shape index (κ3) is 2.50. The van der Waals surface area contributed by atoms with E-state index in [1.807, 2.05) is 0 Å². The van der Waals surface area contributed by atoms with Crippen LogP contribution in [0.5, 0.6) is 11.5 Å². The fourth-order valence-electron chi connectivity index (χ4n) is 3.62. The molecule has 4 rings (SSSR count). The zero-order valence-electron chi connectivity index (χ0n) is 12.2. The van der Waals surface area contributed by atoms with Gasteiger partial charge >= 0.3 is 0 Å². The van der Waals surface area contributed by atoms with Gasteiger partial charge in [0.2, 0.25) is 10.0 Å². The van der Waals surface area contributed by atoms with Crippen molar-refractivity contribution in [2.45, 2.75) is 17.7 Å². The molecule has 0 radical (unpaired) electrons. The second-order valence-electron chi connectivity index (χ2n) is 6.20. The Bertz CT molecular complexity index is 713. The molecule has 5 nitrogen and oxygen atoms in total. The van der Waals surface area contributed by atoms with Gasteiger partial charge in [-0.05, 0) is 42.7 Å². The van der Waals surface area contributed by atoms with Crippen LogP contribution in [-0.2, 0) is 10.0 Å². The topological polar surface area (TPSA) is 64.6 Å². The monoisotopic (exact) mass is 321 g/mol. The summed E-state index contributed by atoms with van der Waals surface area (Å²) in [5.41, 5.74) is 0. The summed E-state index contributed by atoms with van der Waals surface area (Å²) in [5.74, 6) is 2.70. The summed E-state index contributed by atoms with van der Waals surface area (Å²) < 4.78 is 38.5. The average Bonchev–Trinajstić information content (AvgIpc) is 3.15. The number of allylic oxidation sites excluding steroid dienone is 2. The fourth-order valence-corrected chi connectivity index (χ4v) is 4.73. The van der Waals surface area contributed by atoms with Gasteiger partial charge in [-0.2, -0.15) is 0 Å². The maximum atomic E-state index is 12.5. The smallest absolute Gasteiger partial charge is 0.240 e. The van der Waals surface area contributed by atoms with Gasteiger partial charge in [0, 0.05) is 12.6 Å². The first-order valence-electron chi connectivity index (χ1n) is 7.69. The number of hydrogen-bond donors (Lipinski definition) is 1. The minimum Gasteiger partial charge on any atom is -0.486 e. The molecule has 1 aromatic rings. The van der Waals surface area contributed by atoms with Crippen molar-refractivity contribution in [3.8, 4) is 11.5 Å². The molecular weight excluding hydrogens is 302 g/mol. The Hall–Kier alpha value is -1.53. The van der Waals surface area contributed by atoms with Crippen molar-refractivity contribution in [3.63, 3.8) is 0 Å². The summed E-state index contributed by atoms with van der Waals surface area (Å²) in [6, 6.07) is 4.76. The van der Waals surface area contributed by atoms with Crippen molar-refractivity contribution in [1.82, 2.24) is 4.72 Å². The highest BCUT2D eigenvalue weighted by Crippen LogP contribution is 2.43. The van der Waals surface area contributed by atoms with Crippen LogP contribution in [0.15, 0.2) is 35.2 Å². The predicted octanol–water partition coefficient (Wildman–Crippen LogP) is 1.95. The van der Waals surface area contributed by atoms with Crippen molar-refractivity contribution in [2.75, 3.05) is 19.8 Å². The van der Waals surface area contributed by atoms with Crippen LogP contribution >= 0.6 is 0 Å². The molecule has 2 bridgehead atoms. The van der Waals surface area contributed by atoms with Gasteiger partial charge in [0.05, 0.1) is 4.90 Å². The van der Waals surface area contributed by atoms with Gasteiger partial charge in [0.15, 0.2) is 11.5 Å². The molecule has 0 spiro atoms. The molecule has 3 atom stereocenters. The Morgan fingerprint density at radius 2 is 1.91 bits per heavy atom. The van der Waals surface area contributed by atoms with E-state index in [9.17, 15) is 8.42 Å². The molecule has 3 aliphatic rings. The number of nitrogens with one attached hydrogen (secondary N) is 1. The molecule has 1 heterocycles. The van der Waals surface area contributed by atoms with E-state index in [1.165, 1.54) is 12.5 Å². The largest absolute Gasteiger partial charge is 0.486 e. The molecule has 0 saturated heterocycles. The minimum absolute atomic E-state index is 0.232. The lowest BCUT2D eigenvalue weighted by atomic mass is 9.94. The molecule has 1 aromatic carbocycles. The molecule has 2 aliphatic carbocycles. The maximum Gasteiger partial charge on any atom is 0.240 e. The van der Waals surface area contributed by atoms with E-state index < -0.39 is 10.0 Å². The van der Waals surface area contributed by atoms with Crippen molar-refractivity contribution in [2.24, 2.45) is 17.8 Å². The Morgan fingerprint density at radius 1 is 1.09 bits per heavy atom. The van der Waals surface area contributed by atoms with Crippen LogP contribution in [0.3, 0.4) is 0 Å². The van der Waals surface area contributed by atoms with Crippen molar-refractivity contribution < 1.29 is 17.9 Å². The molecule has 22 heavy (non-hydrogen) atoms.